The molecule has 1 fully saturated rings. The fourth-order valence-electron chi connectivity index (χ4n) is 4.38. The molecule has 1 saturated heterocycles. The minimum Gasteiger partial charge on any atom is -0.497 e. The molecule has 10 nitrogen and oxygen atoms in total. The molecule has 0 aliphatic carbocycles. The van der Waals surface area contributed by atoms with Gasteiger partial charge in [0.2, 0.25) is 11.8 Å². The first kappa shape index (κ1) is 22.4. The van der Waals surface area contributed by atoms with E-state index in [4.69, 9.17) is 14.6 Å². The van der Waals surface area contributed by atoms with E-state index in [0.717, 1.165) is 6.42 Å². The lowest BCUT2D eigenvalue weighted by atomic mass is 10.1. The van der Waals surface area contributed by atoms with E-state index in [1.165, 1.54) is 6.08 Å². The summed E-state index contributed by atoms with van der Waals surface area (Å²) in [4.78, 5) is 36.8. The number of aromatic nitrogens is 2. The molecule has 0 radical (unpaired) electrons. The Balaban J connectivity index is 1.60. The van der Waals surface area contributed by atoms with Crippen molar-refractivity contribution in [2.24, 2.45) is 9.98 Å². The monoisotopic (exact) mass is 472 g/mol. The number of ether oxygens (including phenoxy) is 2. The van der Waals surface area contributed by atoms with Gasteiger partial charge >= 0.3 is 0 Å². The lowest BCUT2D eigenvalue weighted by molar-refractivity contribution is -0.125. The molecule has 10 heteroatoms. The third-order valence-corrected chi connectivity index (χ3v) is 6.17. The second-order valence-corrected chi connectivity index (χ2v) is 8.29. The third-order valence-electron chi connectivity index (χ3n) is 6.17. The first-order valence-electron chi connectivity index (χ1n) is 11.2. The minimum absolute atomic E-state index is 0.0799. The number of likely N-dealkylation sites (tertiary alicyclic amines) is 1. The number of methoxy groups -OCH3 is 2. The third kappa shape index (κ3) is 4.17. The van der Waals surface area contributed by atoms with Crippen LogP contribution < -0.4 is 9.47 Å². The summed E-state index contributed by atoms with van der Waals surface area (Å²) < 4.78 is 12.5. The van der Waals surface area contributed by atoms with Crippen molar-refractivity contribution in [3.8, 4) is 23.3 Å². The number of hydrogen-bond donors (Lipinski definition) is 0. The zero-order chi connectivity index (χ0) is 24.5. The molecule has 1 aromatic heterocycles. The number of carbonyl (C=O) groups is 2. The maximum atomic E-state index is 12.2. The fraction of sp³-hybridized carbons (Fsp3) is 0.320. The van der Waals surface area contributed by atoms with Gasteiger partial charge in [-0.25, -0.2) is 9.67 Å². The fourth-order valence-corrected chi connectivity index (χ4v) is 4.38. The second-order valence-electron chi connectivity index (χ2n) is 8.29. The normalized spacial score (nSPS) is 18.3. The molecule has 1 atom stereocenters. The molecule has 35 heavy (non-hydrogen) atoms. The van der Waals surface area contributed by atoms with Gasteiger partial charge < -0.3 is 19.3 Å². The molecule has 2 aromatic rings. The molecule has 3 aliphatic rings. The van der Waals surface area contributed by atoms with Gasteiger partial charge in [0, 0.05) is 37.7 Å². The summed E-state index contributed by atoms with van der Waals surface area (Å²) in [6.07, 6.45) is 4.04. The van der Waals surface area contributed by atoms with Gasteiger partial charge in [-0.15, -0.1) is 0 Å². The van der Waals surface area contributed by atoms with Gasteiger partial charge in [-0.3, -0.25) is 9.59 Å². The van der Waals surface area contributed by atoms with E-state index in [0.29, 0.717) is 66.0 Å². The summed E-state index contributed by atoms with van der Waals surface area (Å²) in [6.45, 7) is 5.17. The molecule has 3 aliphatic heterocycles. The highest BCUT2D eigenvalue weighted by atomic mass is 16.5. The average molecular weight is 473 g/mol. The van der Waals surface area contributed by atoms with Crippen LogP contribution in [-0.2, 0) is 9.59 Å². The lowest BCUT2D eigenvalue weighted by Crippen LogP contribution is -2.38. The Morgan fingerprint density at radius 1 is 1.17 bits per heavy atom. The number of nitrogens with zero attached hydrogens (tertiary/aromatic N) is 6. The first-order chi connectivity index (χ1) is 17.0. The predicted molar refractivity (Wildman–Crippen MR) is 129 cm³/mol. The topological polar surface area (TPSA) is 102 Å². The predicted octanol–water partition coefficient (Wildman–Crippen LogP) is 1.91. The maximum Gasteiger partial charge on any atom is 0.249 e. The molecular formula is C25H24N6O4. The van der Waals surface area contributed by atoms with Gasteiger partial charge in [0.15, 0.2) is 11.7 Å². The van der Waals surface area contributed by atoms with Crippen molar-refractivity contribution in [2.75, 3.05) is 33.9 Å². The smallest absolute Gasteiger partial charge is 0.249 e. The van der Waals surface area contributed by atoms with Crippen molar-refractivity contribution in [3.63, 3.8) is 0 Å². The Morgan fingerprint density at radius 2 is 1.94 bits per heavy atom. The van der Waals surface area contributed by atoms with Gasteiger partial charge in [0.1, 0.15) is 17.2 Å². The number of fused-ring (bicyclic) bond motifs is 3. The van der Waals surface area contributed by atoms with Gasteiger partial charge in [0.05, 0.1) is 32.2 Å². The Hall–Kier alpha value is -4.39. The molecule has 0 bridgehead atoms. The zero-order valence-corrected chi connectivity index (χ0v) is 19.5. The Labute approximate surface area is 202 Å². The summed E-state index contributed by atoms with van der Waals surface area (Å²) in [5.74, 6) is 8.31. The standard InChI is InChI=1S/C25H24N6O4/c1-4-22(33)29-9-7-17(14-29)31-24-23(25-27-21(32)8-10-30(25)15-26-24)20(28-31)6-5-16-11-18(34-2)13-19(12-16)35-3/h4,11-13,15,17H,1,7-10,14H2,2-3H3/t17-/m0/s1. The van der Waals surface area contributed by atoms with Gasteiger partial charge in [-0.2, -0.15) is 10.1 Å². The zero-order valence-electron chi connectivity index (χ0n) is 19.5. The number of aliphatic imine (C=N–C) groups is 2. The van der Waals surface area contributed by atoms with Crippen molar-refractivity contribution in [2.45, 2.75) is 18.9 Å². The van der Waals surface area contributed by atoms with Crippen LogP contribution >= 0.6 is 0 Å². The average Bonchev–Trinajstić information content (AvgIpc) is 3.52. The van der Waals surface area contributed by atoms with Gasteiger partial charge in [-0.1, -0.05) is 12.5 Å². The van der Waals surface area contributed by atoms with E-state index in [1.54, 1.807) is 48.3 Å². The molecule has 178 valence electrons. The molecule has 0 saturated carbocycles. The van der Waals surface area contributed by atoms with E-state index >= 15 is 0 Å². The van der Waals surface area contributed by atoms with E-state index in [2.05, 4.69) is 28.4 Å². The lowest BCUT2D eigenvalue weighted by Gasteiger charge is -2.27. The number of amides is 2. The highest BCUT2D eigenvalue weighted by Gasteiger charge is 2.35. The molecule has 4 heterocycles. The highest BCUT2D eigenvalue weighted by Crippen LogP contribution is 2.34. The largest absolute Gasteiger partial charge is 0.497 e. The quantitative estimate of drug-likeness (QED) is 0.498. The summed E-state index contributed by atoms with van der Waals surface area (Å²) in [5, 5.41) is 4.79. The van der Waals surface area contributed by atoms with E-state index in [-0.39, 0.29) is 17.9 Å². The number of rotatable bonds is 4. The number of amidine groups is 1. The van der Waals surface area contributed by atoms with Gasteiger partial charge in [-0.05, 0) is 30.6 Å². The van der Waals surface area contributed by atoms with Crippen LogP contribution in [0.3, 0.4) is 0 Å². The molecule has 0 N–H and O–H groups in total. The highest BCUT2D eigenvalue weighted by molar-refractivity contribution is 6.16. The first-order valence-corrected chi connectivity index (χ1v) is 11.2. The number of benzene rings is 1. The second kappa shape index (κ2) is 9.10. The van der Waals surface area contributed by atoms with Crippen LogP contribution in [0.15, 0.2) is 40.8 Å². The van der Waals surface area contributed by atoms with Crippen molar-refractivity contribution < 1.29 is 19.1 Å². The Kier molecular flexibility index (Phi) is 5.82. The van der Waals surface area contributed by atoms with Crippen molar-refractivity contribution in [3.05, 3.63) is 47.7 Å². The molecule has 2 amide bonds. The SMILES string of the molecule is C=CC(=O)N1CC[C@H](n2nc(C#Cc3cc(OC)cc(OC)c3)c3c2N=CN2CCC(=O)N=C32)C1. The maximum absolute atomic E-state index is 12.2. The summed E-state index contributed by atoms with van der Waals surface area (Å²) in [7, 11) is 3.16. The summed E-state index contributed by atoms with van der Waals surface area (Å²) in [5.41, 5.74) is 1.77. The van der Waals surface area contributed by atoms with E-state index in [9.17, 15) is 9.59 Å². The Morgan fingerprint density at radius 3 is 2.66 bits per heavy atom. The van der Waals surface area contributed by atoms with Crippen LogP contribution in [0.25, 0.3) is 0 Å². The van der Waals surface area contributed by atoms with Crippen LogP contribution in [0.4, 0.5) is 5.82 Å². The van der Waals surface area contributed by atoms with Gasteiger partial charge in [0.25, 0.3) is 0 Å². The molecule has 0 spiro atoms. The molecule has 1 aromatic carbocycles. The number of hydrogen-bond acceptors (Lipinski definition) is 7. The molecular weight excluding hydrogens is 448 g/mol. The van der Waals surface area contributed by atoms with E-state index in [1.807, 2.05) is 4.90 Å². The number of carbonyl (C=O) groups excluding carboxylic acids is 2. The minimum atomic E-state index is -0.190. The summed E-state index contributed by atoms with van der Waals surface area (Å²) >= 11 is 0. The molecule has 0 unspecified atom stereocenters. The van der Waals surface area contributed by atoms with Crippen LogP contribution in [0.5, 0.6) is 11.5 Å². The van der Waals surface area contributed by atoms with Crippen molar-refractivity contribution in [1.29, 1.82) is 0 Å². The van der Waals surface area contributed by atoms with Crippen molar-refractivity contribution in [1.82, 2.24) is 19.6 Å². The summed E-state index contributed by atoms with van der Waals surface area (Å²) in [6, 6.07) is 5.30. The van der Waals surface area contributed by atoms with Crippen molar-refractivity contribution >= 4 is 29.8 Å². The van der Waals surface area contributed by atoms with Crippen LogP contribution in [0.2, 0.25) is 0 Å². The van der Waals surface area contributed by atoms with Crippen LogP contribution in [-0.4, -0.2) is 77.4 Å². The molecule has 5 rings (SSSR count). The van der Waals surface area contributed by atoms with E-state index < -0.39 is 0 Å². The Bertz CT molecular complexity index is 1320. The van der Waals surface area contributed by atoms with Crippen LogP contribution in [0.1, 0.15) is 35.7 Å². The van der Waals surface area contributed by atoms with Crippen LogP contribution in [0, 0.1) is 11.8 Å².